The van der Waals surface area contributed by atoms with E-state index in [2.05, 4.69) is 29.5 Å². The van der Waals surface area contributed by atoms with Crippen molar-refractivity contribution in [1.82, 2.24) is 10.3 Å². The van der Waals surface area contributed by atoms with Crippen LogP contribution in [0, 0.1) is 11.8 Å². The van der Waals surface area contributed by atoms with Gasteiger partial charge >= 0.3 is 0 Å². The lowest BCUT2D eigenvalue weighted by molar-refractivity contribution is 0.363. The van der Waals surface area contributed by atoms with Crippen LogP contribution in [0.2, 0.25) is 0 Å². The summed E-state index contributed by atoms with van der Waals surface area (Å²) in [5, 5.41) is 5.83. The van der Waals surface area contributed by atoms with Gasteiger partial charge in [-0.25, -0.2) is 4.98 Å². The third-order valence-corrected chi connectivity index (χ3v) is 3.73. The molecule has 1 saturated carbocycles. The predicted molar refractivity (Wildman–Crippen MR) is 65.2 cm³/mol. The molecule has 15 heavy (non-hydrogen) atoms. The number of rotatable bonds is 6. The Hall–Kier alpha value is -0.410. The summed E-state index contributed by atoms with van der Waals surface area (Å²) in [6, 6.07) is 0.726. The molecule has 3 heteroatoms. The second-order valence-electron chi connectivity index (χ2n) is 4.79. The SMILES string of the molecule is CC(C)C(NCCc1cscn1)C1CC1. The van der Waals surface area contributed by atoms with Crippen molar-refractivity contribution in [1.29, 1.82) is 0 Å². The fraction of sp³-hybridized carbons (Fsp3) is 0.750. The van der Waals surface area contributed by atoms with Gasteiger partial charge < -0.3 is 5.32 Å². The minimum absolute atomic E-state index is 0.726. The van der Waals surface area contributed by atoms with Gasteiger partial charge in [-0.1, -0.05) is 13.8 Å². The zero-order chi connectivity index (χ0) is 10.7. The summed E-state index contributed by atoms with van der Waals surface area (Å²) in [6.45, 7) is 5.71. The molecule has 0 aliphatic heterocycles. The molecule has 1 fully saturated rings. The molecule has 1 aliphatic carbocycles. The van der Waals surface area contributed by atoms with Gasteiger partial charge in [0.25, 0.3) is 0 Å². The van der Waals surface area contributed by atoms with E-state index in [1.54, 1.807) is 11.3 Å². The smallest absolute Gasteiger partial charge is 0.0794 e. The topological polar surface area (TPSA) is 24.9 Å². The summed E-state index contributed by atoms with van der Waals surface area (Å²) in [4.78, 5) is 4.30. The van der Waals surface area contributed by atoms with Gasteiger partial charge in [0.15, 0.2) is 0 Å². The highest BCUT2D eigenvalue weighted by molar-refractivity contribution is 7.07. The Balaban J connectivity index is 1.71. The van der Waals surface area contributed by atoms with Crippen LogP contribution in [0.4, 0.5) is 0 Å². The molecule has 1 unspecified atom stereocenters. The molecule has 0 saturated heterocycles. The van der Waals surface area contributed by atoms with Crippen LogP contribution < -0.4 is 5.32 Å². The third kappa shape index (κ3) is 3.28. The fourth-order valence-corrected chi connectivity index (χ4v) is 2.72. The first-order valence-corrected chi connectivity index (χ1v) is 6.82. The van der Waals surface area contributed by atoms with Gasteiger partial charge in [-0.15, -0.1) is 11.3 Å². The van der Waals surface area contributed by atoms with Crippen molar-refractivity contribution < 1.29 is 0 Å². The first-order chi connectivity index (χ1) is 7.27. The largest absolute Gasteiger partial charge is 0.313 e. The predicted octanol–water partition coefficient (Wildman–Crippen LogP) is 2.71. The van der Waals surface area contributed by atoms with Gasteiger partial charge in [-0.2, -0.15) is 0 Å². The molecule has 0 aromatic carbocycles. The highest BCUT2D eigenvalue weighted by atomic mass is 32.1. The monoisotopic (exact) mass is 224 g/mol. The van der Waals surface area contributed by atoms with Crippen LogP contribution in [-0.2, 0) is 6.42 Å². The zero-order valence-electron chi connectivity index (χ0n) is 9.57. The molecule has 0 amide bonds. The number of hydrogen-bond donors (Lipinski definition) is 1. The molecule has 1 atom stereocenters. The number of thiazole rings is 1. The Bertz CT molecular complexity index is 276. The lowest BCUT2D eigenvalue weighted by Gasteiger charge is -2.21. The number of nitrogens with zero attached hydrogens (tertiary/aromatic N) is 1. The van der Waals surface area contributed by atoms with E-state index in [1.165, 1.54) is 18.5 Å². The summed E-state index contributed by atoms with van der Waals surface area (Å²) in [5.74, 6) is 1.70. The van der Waals surface area contributed by atoms with Gasteiger partial charge in [-0.3, -0.25) is 0 Å². The van der Waals surface area contributed by atoms with Crippen molar-refractivity contribution >= 4 is 11.3 Å². The quantitative estimate of drug-likeness (QED) is 0.803. The molecule has 1 heterocycles. The molecule has 0 spiro atoms. The van der Waals surface area contributed by atoms with Crippen LogP contribution in [0.5, 0.6) is 0 Å². The first-order valence-electron chi connectivity index (χ1n) is 5.88. The van der Waals surface area contributed by atoms with Crippen molar-refractivity contribution in [2.24, 2.45) is 11.8 Å². The van der Waals surface area contributed by atoms with Crippen molar-refractivity contribution in [2.45, 2.75) is 39.2 Å². The molecule has 1 aromatic rings. The van der Waals surface area contributed by atoms with Gasteiger partial charge in [0.05, 0.1) is 11.2 Å². The molecule has 1 N–H and O–H groups in total. The standard InChI is InChI=1S/C12H20N2S/c1-9(2)12(10-3-4-10)13-6-5-11-7-15-8-14-11/h7-10,12-13H,3-6H2,1-2H3. The summed E-state index contributed by atoms with van der Waals surface area (Å²) in [5.41, 5.74) is 3.14. The maximum absolute atomic E-state index is 4.30. The molecule has 0 radical (unpaired) electrons. The molecule has 2 nitrogen and oxygen atoms in total. The molecule has 2 rings (SSSR count). The Labute approximate surface area is 96.1 Å². The van der Waals surface area contributed by atoms with E-state index in [-0.39, 0.29) is 0 Å². The summed E-state index contributed by atoms with van der Waals surface area (Å²) in [7, 11) is 0. The van der Waals surface area contributed by atoms with Crippen LogP contribution in [0.15, 0.2) is 10.9 Å². The maximum atomic E-state index is 4.30. The van der Waals surface area contributed by atoms with Crippen molar-refractivity contribution in [2.75, 3.05) is 6.54 Å². The second kappa shape index (κ2) is 5.08. The van der Waals surface area contributed by atoms with E-state index in [9.17, 15) is 0 Å². The van der Waals surface area contributed by atoms with Gasteiger partial charge in [-0.05, 0) is 24.7 Å². The summed E-state index contributed by atoms with van der Waals surface area (Å²) >= 11 is 1.68. The molecule has 1 aromatic heterocycles. The van der Waals surface area contributed by atoms with Crippen molar-refractivity contribution in [3.8, 4) is 0 Å². The Morgan fingerprint density at radius 1 is 1.53 bits per heavy atom. The average molecular weight is 224 g/mol. The highest BCUT2D eigenvalue weighted by Crippen LogP contribution is 2.35. The van der Waals surface area contributed by atoms with Gasteiger partial charge in [0, 0.05) is 24.4 Å². The molecular formula is C12H20N2S. The van der Waals surface area contributed by atoms with Crippen LogP contribution in [-0.4, -0.2) is 17.6 Å². The van der Waals surface area contributed by atoms with E-state index in [1.807, 2.05) is 5.51 Å². The summed E-state index contributed by atoms with van der Waals surface area (Å²) in [6.07, 6.45) is 3.92. The Morgan fingerprint density at radius 3 is 2.87 bits per heavy atom. The van der Waals surface area contributed by atoms with E-state index in [0.717, 1.165) is 30.8 Å². The minimum Gasteiger partial charge on any atom is -0.313 e. The van der Waals surface area contributed by atoms with Crippen molar-refractivity contribution in [3.05, 3.63) is 16.6 Å². The maximum Gasteiger partial charge on any atom is 0.0794 e. The zero-order valence-corrected chi connectivity index (χ0v) is 10.4. The Kier molecular flexibility index (Phi) is 3.76. The van der Waals surface area contributed by atoms with E-state index in [0.29, 0.717) is 0 Å². The minimum atomic E-state index is 0.726. The Morgan fingerprint density at radius 2 is 2.33 bits per heavy atom. The lowest BCUT2D eigenvalue weighted by atomic mass is 9.99. The average Bonchev–Trinajstić information content (AvgIpc) is 2.89. The molecule has 84 valence electrons. The van der Waals surface area contributed by atoms with Crippen LogP contribution >= 0.6 is 11.3 Å². The highest BCUT2D eigenvalue weighted by Gasteiger charge is 2.32. The second-order valence-corrected chi connectivity index (χ2v) is 5.51. The van der Waals surface area contributed by atoms with E-state index >= 15 is 0 Å². The molecular weight excluding hydrogens is 204 g/mol. The van der Waals surface area contributed by atoms with E-state index < -0.39 is 0 Å². The first kappa shape index (κ1) is 11.1. The normalized spacial score (nSPS) is 18.3. The van der Waals surface area contributed by atoms with Crippen LogP contribution in [0.25, 0.3) is 0 Å². The van der Waals surface area contributed by atoms with Crippen LogP contribution in [0.3, 0.4) is 0 Å². The fourth-order valence-electron chi connectivity index (χ4n) is 2.13. The van der Waals surface area contributed by atoms with Gasteiger partial charge in [0.1, 0.15) is 0 Å². The number of aromatic nitrogens is 1. The third-order valence-electron chi connectivity index (χ3n) is 3.09. The summed E-state index contributed by atoms with van der Waals surface area (Å²) < 4.78 is 0. The molecule has 0 bridgehead atoms. The van der Waals surface area contributed by atoms with Crippen molar-refractivity contribution in [3.63, 3.8) is 0 Å². The number of nitrogens with one attached hydrogen (secondary N) is 1. The molecule has 1 aliphatic rings. The van der Waals surface area contributed by atoms with Gasteiger partial charge in [0.2, 0.25) is 0 Å². The lowest BCUT2D eigenvalue weighted by Crippen LogP contribution is -2.37. The van der Waals surface area contributed by atoms with E-state index in [4.69, 9.17) is 0 Å². The van der Waals surface area contributed by atoms with Crippen LogP contribution in [0.1, 0.15) is 32.4 Å². The number of hydrogen-bond acceptors (Lipinski definition) is 3.